The van der Waals surface area contributed by atoms with Crippen molar-refractivity contribution >= 4 is 11.6 Å². The van der Waals surface area contributed by atoms with Gasteiger partial charge in [0.05, 0.1) is 11.9 Å². The first-order valence-electron chi connectivity index (χ1n) is 8.55. The van der Waals surface area contributed by atoms with Gasteiger partial charge in [0.25, 0.3) is 5.91 Å². The molecule has 2 aromatic heterocycles. The number of ether oxygens (including phenoxy) is 1. The molecule has 25 heavy (non-hydrogen) atoms. The third-order valence-electron chi connectivity index (χ3n) is 4.94. The largest absolute Gasteiger partial charge is 0.431 e. The Morgan fingerprint density at radius 3 is 2.52 bits per heavy atom. The van der Waals surface area contributed by atoms with Crippen molar-refractivity contribution in [3.63, 3.8) is 0 Å². The van der Waals surface area contributed by atoms with E-state index in [1.807, 2.05) is 17.0 Å². The molecule has 2 fully saturated rings. The normalized spacial score (nSPS) is 18.8. The first kappa shape index (κ1) is 16.0. The van der Waals surface area contributed by atoms with Gasteiger partial charge in [-0.05, 0) is 12.1 Å². The van der Waals surface area contributed by atoms with Crippen molar-refractivity contribution in [3.05, 3.63) is 42.5 Å². The summed E-state index contributed by atoms with van der Waals surface area (Å²) >= 11 is 0. The summed E-state index contributed by atoms with van der Waals surface area (Å²) in [4.78, 5) is 25.3. The molecule has 130 valence electrons. The van der Waals surface area contributed by atoms with Crippen LogP contribution in [0.2, 0.25) is 0 Å². The summed E-state index contributed by atoms with van der Waals surface area (Å²) in [6.07, 6.45) is 5.01. The van der Waals surface area contributed by atoms with Gasteiger partial charge in [0.1, 0.15) is 11.7 Å². The minimum atomic E-state index is -0.00722. The van der Waals surface area contributed by atoms with Crippen LogP contribution in [0.4, 0.5) is 5.69 Å². The molecule has 2 aliphatic rings. The standard InChI is InChI=1S/C18H21N5O2/c19-16-10-20-4-3-15(16)13-1-2-17(21-9-13)18(24)23-7-5-22(6-8-23)14-11-25-12-14/h1-4,9-10,14H,5-8,11-12,19H2/p+1. The van der Waals surface area contributed by atoms with Crippen molar-refractivity contribution in [2.75, 3.05) is 45.1 Å². The van der Waals surface area contributed by atoms with Gasteiger partial charge in [0, 0.05) is 49.7 Å². The first-order valence-corrected chi connectivity index (χ1v) is 8.55. The second-order valence-electron chi connectivity index (χ2n) is 6.47. The highest BCUT2D eigenvalue weighted by Gasteiger charge is 2.34. The summed E-state index contributed by atoms with van der Waals surface area (Å²) in [5.74, 6) is -0.00722. The van der Waals surface area contributed by atoms with E-state index in [1.54, 1.807) is 24.7 Å². The third kappa shape index (κ3) is 3.20. The predicted octanol–water partition coefficient (Wildman–Crippen LogP) is 0.394. The fourth-order valence-electron chi connectivity index (χ4n) is 3.28. The number of nitrogen functional groups attached to an aromatic ring is 1. The summed E-state index contributed by atoms with van der Waals surface area (Å²) in [6, 6.07) is 6.09. The lowest BCUT2D eigenvalue weighted by molar-refractivity contribution is -0.187. The van der Waals surface area contributed by atoms with Crippen LogP contribution in [0.25, 0.3) is 11.1 Å². The molecular formula is C18H22N5O2+. The number of carbonyl (C=O) groups excluding carboxylic acids is 1. The molecule has 0 unspecified atom stereocenters. The first-order chi connectivity index (χ1) is 12.2. The fourth-order valence-corrected chi connectivity index (χ4v) is 3.28. The van der Waals surface area contributed by atoms with Crippen LogP contribution in [0.5, 0.6) is 0 Å². The Morgan fingerprint density at radius 2 is 1.92 bits per heavy atom. The van der Waals surface area contributed by atoms with E-state index in [0.717, 1.165) is 50.5 Å². The van der Waals surface area contributed by atoms with Crippen LogP contribution in [0, 0.1) is 0 Å². The van der Waals surface area contributed by atoms with Gasteiger partial charge >= 0.3 is 0 Å². The molecule has 3 N–H and O–H groups in total. The third-order valence-corrected chi connectivity index (χ3v) is 4.94. The number of nitrogens with two attached hydrogens (primary N) is 1. The number of rotatable bonds is 3. The Balaban J connectivity index is 1.42. The molecule has 4 rings (SSSR count). The molecule has 0 bridgehead atoms. The Bertz CT molecular complexity index is 752. The number of aliphatic hydroxyl groups is 2. The van der Waals surface area contributed by atoms with Crippen LogP contribution in [0.15, 0.2) is 36.8 Å². The van der Waals surface area contributed by atoms with E-state index in [0.29, 0.717) is 17.4 Å². The van der Waals surface area contributed by atoms with Gasteiger partial charge < -0.3 is 15.4 Å². The van der Waals surface area contributed by atoms with Gasteiger partial charge in [-0.1, -0.05) is 6.07 Å². The Morgan fingerprint density at radius 1 is 1.12 bits per heavy atom. The lowest BCUT2D eigenvalue weighted by atomic mass is 10.1. The number of hydrogen-bond acceptors (Lipinski definition) is 5. The van der Waals surface area contributed by atoms with Gasteiger partial charge in [-0.3, -0.25) is 19.7 Å². The van der Waals surface area contributed by atoms with Gasteiger partial charge in [0.15, 0.2) is 13.2 Å². The minimum absolute atomic E-state index is 0.00722. The van der Waals surface area contributed by atoms with E-state index in [9.17, 15) is 4.79 Å². The molecule has 2 aromatic rings. The number of hydrogen-bond donors (Lipinski definition) is 1. The highest BCUT2D eigenvalue weighted by atomic mass is 16.5. The number of nitrogens with zero attached hydrogens (tertiary/aromatic N) is 4. The molecule has 0 aliphatic carbocycles. The van der Waals surface area contributed by atoms with Crippen molar-refractivity contribution < 1.29 is 9.53 Å². The predicted molar refractivity (Wildman–Crippen MR) is 95.1 cm³/mol. The molecule has 7 nitrogen and oxygen atoms in total. The summed E-state index contributed by atoms with van der Waals surface area (Å²) in [5.41, 5.74) is 8.78. The molecule has 7 heteroatoms. The van der Waals surface area contributed by atoms with Gasteiger partial charge in [0.2, 0.25) is 0 Å². The average Bonchev–Trinajstić information content (AvgIpc) is 2.61. The van der Waals surface area contributed by atoms with Crippen LogP contribution >= 0.6 is 0 Å². The minimum Gasteiger partial charge on any atom is -0.431 e. The van der Waals surface area contributed by atoms with E-state index in [2.05, 4.69) is 19.6 Å². The van der Waals surface area contributed by atoms with Gasteiger partial charge in [-0.25, -0.2) is 0 Å². The van der Waals surface area contributed by atoms with Gasteiger partial charge in [-0.2, -0.15) is 0 Å². The molecule has 0 radical (unpaired) electrons. The summed E-state index contributed by atoms with van der Waals surface area (Å²) < 4.78 is 4.27. The van der Waals surface area contributed by atoms with E-state index in [-0.39, 0.29) is 5.91 Å². The summed E-state index contributed by atoms with van der Waals surface area (Å²) in [7, 11) is 0. The monoisotopic (exact) mass is 340 g/mol. The van der Waals surface area contributed by atoms with Crippen molar-refractivity contribution in [1.82, 2.24) is 19.8 Å². The second-order valence-corrected chi connectivity index (χ2v) is 6.47. The highest BCUT2D eigenvalue weighted by molar-refractivity contribution is 5.93. The zero-order valence-corrected chi connectivity index (χ0v) is 14.0. The molecule has 0 spiro atoms. The molecule has 2 aliphatic heterocycles. The molecule has 1 amide bonds. The van der Waals surface area contributed by atoms with E-state index < -0.39 is 0 Å². The van der Waals surface area contributed by atoms with E-state index in [4.69, 9.17) is 5.73 Å². The number of carbonyl (C=O) groups is 1. The molecule has 4 heterocycles. The van der Waals surface area contributed by atoms with Crippen molar-refractivity contribution in [2.24, 2.45) is 0 Å². The molecule has 2 saturated heterocycles. The number of anilines is 1. The SMILES string of the molecule is Nc1cnccc1-c1ccc(C(=O)N2CCN(C3C[OH+]C3)CC2)nc1. The van der Waals surface area contributed by atoms with Crippen molar-refractivity contribution in [2.45, 2.75) is 6.04 Å². The summed E-state index contributed by atoms with van der Waals surface area (Å²) in [5, 5.41) is 0. The van der Waals surface area contributed by atoms with Crippen LogP contribution in [-0.2, 0) is 0 Å². The van der Waals surface area contributed by atoms with Crippen molar-refractivity contribution in [3.8, 4) is 11.1 Å². The van der Waals surface area contributed by atoms with Crippen LogP contribution in [0.1, 0.15) is 10.5 Å². The second kappa shape index (κ2) is 6.78. The molecule has 0 atom stereocenters. The Labute approximate surface area is 146 Å². The molecular weight excluding hydrogens is 318 g/mol. The van der Waals surface area contributed by atoms with Crippen LogP contribution in [-0.4, -0.2) is 75.8 Å². The topological polar surface area (TPSA) is 88.2 Å². The number of amides is 1. The number of pyridine rings is 2. The van der Waals surface area contributed by atoms with E-state index in [1.165, 1.54) is 0 Å². The van der Waals surface area contributed by atoms with Gasteiger partial charge in [-0.15, -0.1) is 0 Å². The maximum Gasteiger partial charge on any atom is 0.272 e. The average molecular weight is 340 g/mol. The molecule has 0 saturated carbocycles. The zero-order valence-electron chi connectivity index (χ0n) is 14.0. The lowest BCUT2D eigenvalue weighted by Gasteiger charge is -2.40. The lowest BCUT2D eigenvalue weighted by Crippen LogP contribution is -2.58. The molecule has 0 aromatic carbocycles. The van der Waals surface area contributed by atoms with Crippen LogP contribution < -0.4 is 5.73 Å². The van der Waals surface area contributed by atoms with E-state index >= 15 is 0 Å². The fraction of sp³-hybridized carbons (Fsp3) is 0.389. The quantitative estimate of drug-likeness (QED) is 0.817. The smallest absolute Gasteiger partial charge is 0.272 e. The Kier molecular flexibility index (Phi) is 4.33. The highest BCUT2D eigenvalue weighted by Crippen LogP contribution is 2.24. The zero-order chi connectivity index (χ0) is 17.2. The van der Waals surface area contributed by atoms with Crippen LogP contribution in [0.3, 0.4) is 0 Å². The number of piperazine rings is 1. The Hall–Kier alpha value is -2.51. The maximum atomic E-state index is 12.7. The van der Waals surface area contributed by atoms with Crippen molar-refractivity contribution in [1.29, 1.82) is 0 Å². The summed E-state index contributed by atoms with van der Waals surface area (Å²) in [6.45, 7) is 5.20. The number of aromatic nitrogens is 2. The maximum absolute atomic E-state index is 12.7.